The highest BCUT2D eigenvalue weighted by molar-refractivity contribution is 6.34. The van der Waals surface area contributed by atoms with E-state index in [1.165, 1.54) is 0 Å². The Hall–Kier alpha value is -0.940. The van der Waals surface area contributed by atoms with Crippen molar-refractivity contribution in [2.24, 2.45) is 0 Å². The Labute approximate surface area is 122 Å². The highest BCUT2D eigenvalue weighted by Crippen LogP contribution is 2.40. The highest BCUT2D eigenvalue weighted by atomic mass is 35.5. The van der Waals surface area contributed by atoms with Crippen LogP contribution in [0.15, 0.2) is 12.1 Å². The van der Waals surface area contributed by atoms with Gasteiger partial charge in [-0.3, -0.25) is 0 Å². The Morgan fingerprint density at radius 1 is 1.10 bits per heavy atom. The van der Waals surface area contributed by atoms with Crippen LogP contribution in [0.5, 0.6) is 0 Å². The van der Waals surface area contributed by atoms with Gasteiger partial charge in [0.2, 0.25) is 0 Å². The van der Waals surface area contributed by atoms with Crippen LogP contribution in [0.4, 0.5) is 18.9 Å². The molecule has 1 aromatic rings. The number of likely N-dealkylation sites (N-methyl/N-ethyl adjacent to an activating group) is 1. The van der Waals surface area contributed by atoms with Gasteiger partial charge in [-0.15, -0.1) is 0 Å². The molecule has 6 heteroatoms. The van der Waals surface area contributed by atoms with Crippen molar-refractivity contribution in [1.29, 1.82) is 0 Å². The number of hydrogen-bond donors (Lipinski definition) is 0. The first-order valence-electron chi connectivity index (χ1n) is 6.60. The molecule has 1 aromatic carbocycles. The van der Waals surface area contributed by atoms with Gasteiger partial charge in [0.1, 0.15) is 0 Å². The lowest BCUT2D eigenvalue weighted by Gasteiger charge is -2.26. The van der Waals surface area contributed by atoms with Gasteiger partial charge < -0.3 is 9.80 Å². The Morgan fingerprint density at radius 3 is 2.45 bits per heavy atom. The molecule has 1 saturated heterocycles. The van der Waals surface area contributed by atoms with Crippen LogP contribution < -0.4 is 4.90 Å². The van der Waals surface area contributed by atoms with E-state index in [0.29, 0.717) is 17.8 Å². The number of alkyl halides is 3. The maximum absolute atomic E-state index is 13.0. The van der Waals surface area contributed by atoms with E-state index in [1.807, 2.05) is 11.9 Å². The summed E-state index contributed by atoms with van der Waals surface area (Å²) in [6.45, 7) is 4.86. The van der Waals surface area contributed by atoms with Crippen LogP contribution >= 0.6 is 11.6 Å². The fourth-order valence-electron chi connectivity index (χ4n) is 2.47. The van der Waals surface area contributed by atoms with Crippen LogP contribution in [0.25, 0.3) is 0 Å². The van der Waals surface area contributed by atoms with Gasteiger partial charge in [0.15, 0.2) is 0 Å². The third kappa shape index (κ3) is 3.38. The normalized spacial score (nSPS) is 18.2. The molecule has 0 radical (unpaired) electrons. The maximum Gasteiger partial charge on any atom is 0.417 e. The van der Waals surface area contributed by atoms with E-state index < -0.39 is 11.7 Å². The molecule has 0 spiro atoms. The molecule has 2 rings (SSSR count). The smallest absolute Gasteiger partial charge is 0.369 e. The number of benzene rings is 1. The lowest BCUT2D eigenvalue weighted by atomic mass is 10.1. The third-order valence-electron chi connectivity index (χ3n) is 3.56. The number of rotatable bonds is 1. The second-order valence-corrected chi connectivity index (χ2v) is 5.67. The number of aryl methyl sites for hydroxylation is 1. The zero-order valence-electron chi connectivity index (χ0n) is 11.6. The minimum atomic E-state index is -4.42. The van der Waals surface area contributed by atoms with E-state index in [1.54, 1.807) is 13.0 Å². The first-order chi connectivity index (χ1) is 9.29. The standard InChI is InChI=1S/C14H18ClF3N2/c1-10-8-11(14(16,17)18)13(15)12(9-10)20-5-3-4-19(2)6-7-20/h8-9H,3-7H2,1-2H3. The lowest BCUT2D eigenvalue weighted by Crippen LogP contribution is -2.29. The van der Waals surface area contributed by atoms with Crippen molar-refractivity contribution in [2.75, 3.05) is 38.1 Å². The molecule has 2 nitrogen and oxygen atoms in total. The number of nitrogens with zero attached hydrogens (tertiary/aromatic N) is 2. The van der Waals surface area contributed by atoms with Gasteiger partial charge in [-0.1, -0.05) is 11.6 Å². The van der Waals surface area contributed by atoms with Crippen LogP contribution in [-0.2, 0) is 6.18 Å². The second kappa shape index (κ2) is 5.82. The van der Waals surface area contributed by atoms with Gasteiger partial charge in [-0.05, 0) is 44.6 Å². The van der Waals surface area contributed by atoms with Crippen molar-refractivity contribution >= 4 is 17.3 Å². The molecule has 1 aliphatic heterocycles. The number of anilines is 1. The summed E-state index contributed by atoms with van der Waals surface area (Å²) in [5.74, 6) is 0. The second-order valence-electron chi connectivity index (χ2n) is 5.29. The van der Waals surface area contributed by atoms with Gasteiger partial charge in [-0.2, -0.15) is 13.2 Å². The summed E-state index contributed by atoms with van der Waals surface area (Å²) in [5.41, 5.74) is 0.329. The Kier molecular flexibility index (Phi) is 4.49. The van der Waals surface area contributed by atoms with E-state index in [9.17, 15) is 13.2 Å². The quantitative estimate of drug-likeness (QED) is 0.778. The highest BCUT2D eigenvalue weighted by Gasteiger charge is 2.35. The fraction of sp³-hybridized carbons (Fsp3) is 0.571. The fourth-order valence-corrected chi connectivity index (χ4v) is 2.81. The summed E-state index contributed by atoms with van der Waals surface area (Å²) in [4.78, 5) is 4.13. The molecule has 0 saturated carbocycles. The first-order valence-corrected chi connectivity index (χ1v) is 6.97. The number of halogens is 4. The zero-order chi connectivity index (χ0) is 14.9. The Balaban J connectivity index is 2.38. The molecule has 20 heavy (non-hydrogen) atoms. The Morgan fingerprint density at radius 2 is 1.80 bits per heavy atom. The van der Waals surface area contributed by atoms with Crippen molar-refractivity contribution in [3.8, 4) is 0 Å². The molecule has 0 amide bonds. The van der Waals surface area contributed by atoms with Crippen LogP contribution in [0.2, 0.25) is 5.02 Å². The van der Waals surface area contributed by atoms with Crippen molar-refractivity contribution in [3.05, 3.63) is 28.3 Å². The van der Waals surface area contributed by atoms with E-state index in [0.717, 1.165) is 32.1 Å². The first kappa shape index (κ1) is 15.4. The number of hydrogen-bond acceptors (Lipinski definition) is 2. The molecule has 0 aromatic heterocycles. The maximum atomic E-state index is 13.0. The predicted octanol–water partition coefficient (Wildman–Crippen LogP) is 3.81. The molecular formula is C14H18ClF3N2. The van der Waals surface area contributed by atoms with Crippen LogP contribution in [0, 0.1) is 6.92 Å². The minimum absolute atomic E-state index is 0.187. The van der Waals surface area contributed by atoms with Gasteiger partial charge in [0.05, 0.1) is 16.3 Å². The summed E-state index contributed by atoms with van der Waals surface area (Å²) in [5, 5.41) is -0.187. The van der Waals surface area contributed by atoms with Crippen LogP contribution in [-0.4, -0.2) is 38.1 Å². The molecule has 0 aliphatic carbocycles. The summed E-state index contributed by atoms with van der Waals surface area (Å²) < 4.78 is 39.0. The van der Waals surface area contributed by atoms with Gasteiger partial charge >= 0.3 is 6.18 Å². The monoisotopic (exact) mass is 306 g/mol. The van der Waals surface area contributed by atoms with Gasteiger partial charge in [0.25, 0.3) is 0 Å². The SMILES string of the molecule is Cc1cc(N2CCCN(C)CC2)c(Cl)c(C(F)(F)F)c1. The summed E-state index contributed by atoms with van der Waals surface area (Å²) in [6.07, 6.45) is -3.50. The third-order valence-corrected chi connectivity index (χ3v) is 3.96. The predicted molar refractivity (Wildman–Crippen MR) is 75.5 cm³/mol. The lowest BCUT2D eigenvalue weighted by molar-refractivity contribution is -0.137. The summed E-state index contributed by atoms with van der Waals surface area (Å²) in [7, 11) is 2.02. The van der Waals surface area contributed by atoms with E-state index in [4.69, 9.17) is 11.6 Å². The van der Waals surface area contributed by atoms with Crippen molar-refractivity contribution in [3.63, 3.8) is 0 Å². The molecular weight excluding hydrogens is 289 g/mol. The van der Waals surface area contributed by atoms with Gasteiger partial charge in [0, 0.05) is 19.6 Å². The minimum Gasteiger partial charge on any atom is -0.369 e. The van der Waals surface area contributed by atoms with Crippen molar-refractivity contribution < 1.29 is 13.2 Å². The molecule has 1 heterocycles. The molecule has 1 aliphatic rings. The van der Waals surface area contributed by atoms with Gasteiger partial charge in [-0.25, -0.2) is 0 Å². The van der Waals surface area contributed by atoms with Crippen molar-refractivity contribution in [2.45, 2.75) is 19.5 Å². The Bertz CT molecular complexity index is 488. The zero-order valence-corrected chi connectivity index (χ0v) is 12.4. The van der Waals surface area contributed by atoms with E-state index in [2.05, 4.69) is 4.90 Å². The summed E-state index contributed by atoms with van der Waals surface area (Å²) in [6, 6.07) is 2.85. The van der Waals surface area contributed by atoms with E-state index >= 15 is 0 Å². The van der Waals surface area contributed by atoms with Crippen LogP contribution in [0.1, 0.15) is 17.5 Å². The summed E-state index contributed by atoms with van der Waals surface area (Å²) >= 11 is 6.01. The molecule has 1 fully saturated rings. The molecule has 0 N–H and O–H groups in total. The largest absolute Gasteiger partial charge is 0.417 e. The average molecular weight is 307 g/mol. The van der Waals surface area contributed by atoms with Crippen molar-refractivity contribution in [1.82, 2.24) is 4.90 Å². The van der Waals surface area contributed by atoms with E-state index in [-0.39, 0.29) is 5.02 Å². The molecule has 0 unspecified atom stereocenters. The average Bonchev–Trinajstić information content (AvgIpc) is 2.55. The molecule has 0 bridgehead atoms. The molecule has 0 atom stereocenters. The topological polar surface area (TPSA) is 6.48 Å². The molecule has 112 valence electrons. The van der Waals surface area contributed by atoms with Crippen LogP contribution in [0.3, 0.4) is 0 Å².